The number of benzene rings is 2. The van der Waals surface area contributed by atoms with E-state index in [4.69, 9.17) is 11.6 Å². The molecule has 1 amide bonds. The van der Waals surface area contributed by atoms with E-state index < -0.39 is 0 Å². The lowest BCUT2D eigenvalue weighted by Crippen LogP contribution is -2.32. The van der Waals surface area contributed by atoms with Crippen LogP contribution in [-0.4, -0.2) is 37.9 Å². The van der Waals surface area contributed by atoms with Crippen LogP contribution in [0.25, 0.3) is 5.69 Å². The summed E-state index contributed by atoms with van der Waals surface area (Å²) in [4.78, 5) is 14.3. The summed E-state index contributed by atoms with van der Waals surface area (Å²) in [5.41, 5.74) is 2.25. The van der Waals surface area contributed by atoms with Gasteiger partial charge in [0.25, 0.3) is 0 Å². The molecule has 0 unspecified atom stereocenters. The van der Waals surface area contributed by atoms with Crippen molar-refractivity contribution >= 4 is 29.3 Å². The molecule has 3 aromatic rings. The molecule has 0 atom stereocenters. The van der Waals surface area contributed by atoms with Gasteiger partial charge in [0.05, 0.1) is 11.4 Å². The van der Waals surface area contributed by atoms with Gasteiger partial charge in [-0.25, -0.2) is 4.39 Å². The third kappa shape index (κ3) is 5.25. The molecule has 8 heteroatoms. The highest BCUT2D eigenvalue weighted by Crippen LogP contribution is 2.24. The Hall–Kier alpha value is -2.64. The fraction of sp³-hybridized carbons (Fsp3) is 0.190. The van der Waals surface area contributed by atoms with Gasteiger partial charge >= 0.3 is 0 Å². The Bertz CT molecular complexity index is 1020. The number of amides is 1. The Morgan fingerprint density at radius 1 is 1.34 bits per heavy atom. The highest BCUT2D eigenvalue weighted by Gasteiger charge is 2.17. The minimum absolute atomic E-state index is 0.139. The quantitative estimate of drug-likeness (QED) is 0.384. The molecular formula is C21H20ClFN4OS. The Balaban J connectivity index is 1.71. The second-order valence-electron chi connectivity index (χ2n) is 6.36. The highest BCUT2D eigenvalue weighted by atomic mass is 35.5. The second-order valence-corrected chi connectivity index (χ2v) is 7.71. The van der Waals surface area contributed by atoms with Gasteiger partial charge in [-0.3, -0.25) is 9.36 Å². The molecule has 2 aromatic carbocycles. The van der Waals surface area contributed by atoms with E-state index in [0.29, 0.717) is 22.3 Å². The number of halogens is 2. The zero-order valence-corrected chi connectivity index (χ0v) is 17.5. The minimum Gasteiger partial charge on any atom is -0.334 e. The van der Waals surface area contributed by atoms with Crippen LogP contribution in [0.2, 0.25) is 5.02 Å². The van der Waals surface area contributed by atoms with Crippen molar-refractivity contribution in [3.63, 3.8) is 0 Å². The predicted molar refractivity (Wildman–Crippen MR) is 114 cm³/mol. The lowest BCUT2D eigenvalue weighted by atomic mass is 10.2. The van der Waals surface area contributed by atoms with E-state index in [1.807, 2.05) is 25.1 Å². The number of carbonyl (C=O) groups excluding carboxylic acids is 1. The molecule has 0 saturated heterocycles. The SMILES string of the molecule is C=CCN(Cc1ccccc1F)C(=O)CSc1nncn1-c1ccc(C)c(Cl)c1. The number of aromatic nitrogens is 3. The number of hydrogen-bond acceptors (Lipinski definition) is 4. The van der Waals surface area contributed by atoms with Crippen molar-refractivity contribution in [2.24, 2.45) is 0 Å². The Morgan fingerprint density at radius 3 is 2.86 bits per heavy atom. The van der Waals surface area contributed by atoms with Gasteiger partial charge in [-0.05, 0) is 30.7 Å². The standard InChI is InChI=1S/C21H20ClFN4OS/c1-3-10-26(12-16-6-4-5-7-19(16)23)20(28)13-29-21-25-24-14-27(21)17-9-8-15(2)18(22)11-17/h3-9,11,14H,1,10,12-13H2,2H3. The molecule has 150 valence electrons. The molecule has 29 heavy (non-hydrogen) atoms. The summed E-state index contributed by atoms with van der Waals surface area (Å²) < 4.78 is 15.7. The molecule has 1 aromatic heterocycles. The van der Waals surface area contributed by atoms with Crippen molar-refractivity contribution in [2.45, 2.75) is 18.6 Å². The average molecular weight is 431 g/mol. The highest BCUT2D eigenvalue weighted by molar-refractivity contribution is 7.99. The molecule has 0 bridgehead atoms. The number of rotatable bonds is 8. The van der Waals surface area contributed by atoms with Gasteiger partial charge in [-0.1, -0.05) is 53.7 Å². The van der Waals surface area contributed by atoms with Gasteiger partial charge in [0.2, 0.25) is 5.91 Å². The van der Waals surface area contributed by atoms with E-state index >= 15 is 0 Å². The van der Waals surface area contributed by atoms with Gasteiger partial charge in [-0.15, -0.1) is 16.8 Å². The molecule has 1 heterocycles. The third-order valence-corrected chi connectivity index (χ3v) is 5.63. The van der Waals surface area contributed by atoms with Crippen molar-refractivity contribution in [1.29, 1.82) is 0 Å². The van der Waals surface area contributed by atoms with Crippen LogP contribution >= 0.6 is 23.4 Å². The number of nitrogens with zero attached hydrogens (tertiary/aromatic N) is 4. The van der Waals surface area contributed by atoms with Crippen LogP contribution in [0.5, 0.6) is 0 Å². The molecule has 0 radical (unpaired) electrons. The number of carbonyl (C=O) groups is 1. The van der Waals surface area contributed by atoms with E-state index in [1.165, 1.54) is 17.8 Å². The van der Waals surface area contributed by atoms with Crippen LogP contribution in [0.15, 0.2) is 66.6 Å². The first kappa shape index (κ1) is 21.1. The molecule has 0 aliphatic rings. The smallest absolute Gasteiger partial charge is 0.233 e. The van der Waals surface area contributed by atoms with Gasteiger partial charge in [0.15, 0.2) is 5.16 Å². The maximum atomic E-state index is 14.0. The molecule has 0 saturated carbocycles. The van der Waals surface area contributed by atoms with Crippen LogP contribution < -0.4 is 0 Å². The topological polar surface area (TPSA) is 51.0 Å². The minimum atomic E-state index is -0.335. The largest absolute Gasteiger partial charge is 0.334 e. The van der Waals surface area contributed by atoms with Gasteiger partial charge in [-0.2, -0.15) is 0 Å². The van der Waals surface area contributed by atoms with Crippen molar-refractivity contribution in [3.05, 3.63) is 83.4 Å². The molecule has 0 fully saturated rings. The molecule has 5 nitrogen and oxygen atoms in total. The fourth-order valence-electron chi connectivity index (χ4n) is 2.69. The monoisotopic (exact) mass is 430 g/mol. The van der Waals surface area contributed by atoms with Gasteiger partial charge in [0.1, 0.15) is 12.1 Å². The second kappa shape index (κ2) is 9.71. The van der Waals surface area contributed by atoms with Crippen molar-refractivity contribution in [3.8, 4) is 5.69 Å². The molecular weight excluding hydrogens is 411 g/mol. The molecule has 3 rings (SSSR count). The average Bonchev–Trinajstić information content (AvgIpc) is 3.18. The molecule has 0 N–H and O–H groups in total. The number of hydrogen-bond donors (Lipinski definition) is 0. The first-order chi connectivity index (χ1) is 14.0. The van der Waals surface area contributed by atoms with Crippen molar-refractivity contribution < 1.29 is 9.18 Å². The summed E-state index contributed by atoms with van der Waals surface area (Å²) >= 11 is 7.48. The Labute approximate surface area is 178 Å². The first-order valence-electron chi connectivity index (χ1n) is 8.91. The maximum absolute atomic E-state index is 14.0. The third-order valence-electron chi connectivity index (χ3n) is 4.30. The van der Waals surface area contributed by atoms with Crippen LogP contribution in [0, 0.1) is 12.7 Å². The van der Waals surface area contributed by atoms with Crippen molar-refractivity contribution in [1.82, 2.24) is 19.7 Å². The molecule has 0 aliphatic heterocycles. The van der Waals surface area contributed by atoms with E-state index in [-0.39, 0.29) is 24.0 Å². The van der Waals surface area contributed by atoms with Crippen LogP contribution in [0.3, 0.4) is 0 Å². The summed E-state index contributed by atoms with van der Waals surface area (Å²) in [5.74, 6) is -0.340. The maximum Gasteiger partial charge on any atom is 0.233 e. The normalized spacial score (nSPS) is 10.7. The van der Waals surface area contributed by atoms with Crippen LogP contribution in [0.1, 0.15) is 11.1 Å². The summed E-state index contributed by atoms with van der Waals surface area (Å²) in [7, 11) is 0. The Morgan fingerprint density at radius 2 is 2.14 bits per heavy atom. The Kier molecular flexibility index (Phi) is 7.06. The zero-order chi connectivity index (χ0) is 20.8. The van der Waals surface area contributed by atoms with Crippen LogP contribution in [-0.2, 0) is 11.3 Å². The number of thioether (sulfide) groups is 1. The summed E-state index contributed by atoms with van der Waals surface area (Å²) in [6.45, 7) is 6.13. The summed E-state index contributed by atoms with van der Waals surface area (Å²) in [5, 5.41) is 9.27. The lowest BCUT2D eigenvalue weighted by Gasteiger charge is -2.21. The summed E-state index contributed by atoms with van der Waals surface area (Å²) in [6.07, 6.45) is 3.20. The fourth-order valence-corrected chi connectivity index (χ4v) is 3.70. The van der Waals surface area contributed by atoms with E-state index in [2.05, 4.69) is 16.8 Å². The lowest BCUT2D eigenvalue weighted by molar-refractivity contribution is -0.128. The van der Waals surface area contributed by atoms with Gasteiger partial charge < -0.3 is 4.90 Å². The van der Waals surface area contributed by atoms with E-state index in [9.17, 15) is 9.18 Å². The van der Waals surface area contributed by atoms with Gasteiger partial charge in [0, 0.05) is 23.7 Å². The van der Waals surface area contributed by atoms with E-state index in [1.54, 1.807) is 40.1 Å². The molecule has 0 spiro atoms. The van der Waals surface area contributed by atoms with E-state index in [0.717, 1.165) is 11.3 Å². The zero-order valence-electron chi connectivity index (χ0n) is 15.9. The summed E-state index contributed by atoms with van der Waals surface area (Å²) in [6, 6.07) is 12.1. The first-order valence-corrected chi connectivity index (χ1v) is 10.3. The van der Waals surface area contributed by atoms with Crippen LogP contribution in [0.4, 0.5) is 4.39 Å². The molecule has 0 aliphatic carbocycles. The predicted octanol–water partition coefficient (Wildman–Crippen LogP) is 4.68. The van der Waals surface area contributed by atoms with Crippen molar-refractivity contribution in [2.75, 3.05) is 12.3 Å². The number of aryl methyl sites for hydroxylation is 1.